The normalized spacial score (nSPS) is 19.1. The molecule has 0 spiro atoms. The summed E-state index contributed by atoms with van der Waals surface area (Å²) >= 11 is 6.10. The Morgan fingerprint density at radius 2 is 2.17 bits per heavy atom. The second kappa shape index (κ2) is 7.30. The van der Waals surface area contributed by atoms with Crippen LogP contribution in [0.25, 0.3) is 0 Å². The van der Waals surface area contributed by atoms with Gasteiger partial charge in [-0.2, -0.15) is 0 Å². The van der Waals surface area contributed by atoms with Crippen molar-refractivity contribution in [2.75, 3.05) is 25.1 Å². The van der Waals surface area contributed by atoms with Crippen LogP contribution < -0.4 is 4.90 Å². The van der Waals surface area contributed by atoms with Crippen LogP contribution in [0.3, 0.4) is 0 Å². The first-order valence-electron chi connectivity index (χ1n) is 7.92. The van der Waals surface area contributed by atoms with Gasteiger partial charge in [-0.05, 0) is 36.2 Å². The van der Waals surface area contributed by atoms with E-state index in [1.807, 2.05) is 37.5 Å². The van der Waals surface area contributed by atoms with E-state index < -0.39 is 0 Å². The van der Waals surface area contributed by atoms with Gasteiger partial charge in [0.05, 0.1) is 24.0 Å². The van der Waals surface area contributed by atoms with Crippen LogP contribution in [-0.2, 0) is 13.1 Å². The van der Waals surface area contributed by atoms with E-state index in [0.29, 0.717) is 0 Å². The van der Waals surface area contributed by atoms with Crippen molar-refractivity contribution in [1.29, 1.82) is 0 Å². The molecule has 0 bridgehead atoms. The highest BCUT2D eigenvalue weighted by Crippen LogP contribution is 2.25. The second-order valence-corrected chi connectivity index (χ2v) is 6.48. The zero-order chi connectivity index (χ0) is 16.2. The molecule has 122 valence electrons. The summed E-state index contributed by atoms with van der Waals surface area (Å²) in [5.74, 6) is 0. The fourth-order valence-corrected chi connectivity index (χ4v) is 3.34. The highest BCUT2D eigenvalue weighted by Gasteiger charge is 2.23. The van der Waals surface area contributed by atoms with Crippen molar-refractivity contribution in [1.82, 2.24) is 9.88 Å². The third-order valence-corrected chi connectivity index (χ3v) is 4.69. The first kappa shape index (κ1) is 16.2. The Kier molecular flexibility index (Phi) is 5.16. The lowest BCUT2D eigenvalue weighted by Gasteiger charge is -2.35. The average molecular weight is 332 g/mol. The molecule has 2 aromatic rings. The monoisotopic (exact) mass is 331 g/mol. The zero-order valence-electron chi connectivity index (χ0n) is 13.3. The second-order valence-electron chi connectivity index (χ2n) is 6.05. The van der Waals surface area contributed by atoms with Crippen LogP contribution >= 0.6 is 11.6 Å². The number of aliphatic hydroxyl groups is 1. The van der Waals surface area contributed by atoms with Gasteiger partial charge in [0.25, 0.3) is 0 Å². The molecule has 1 aliphatic rings. The molecule has 5 heteroatoms. The van der Waals surface area contributed by atoms with Crippen LogP contribution in [-0.4, -0.2) is 41.2 Å². The van der Waals surface area contributed by atoms with E-state index >= 15 is 0 Å². The number of halogens is 1. The fourth-order valence-electron chi connectivity index (χ4n) is 3.13. The predicted molar refractivity (Wildman–Crippen MR) is 93.7 cm³/mol. The van der Waals surface area contributed by atoms with Gasteiger partial charge in [0.1, 0.15) is 0 Å². The molecule has 4 nitrogen and oxygen atoms in total. The molecule has 0 aliphatic carbocycles. The fraction of sp³-hybridized carbons (Fsp3) is 0.389. The predicted octanol–water partition coefficient (Wildman–Crippen LogP) is 2.94. The van der Waals surface area contributed by atoms with Crippen LogP contribution in [0.1, 0.15) is 17.7 Å². The number of hydrogen-bond acceptors (Lipinski definition) is 4. The van der Waals surface area contributed by atoms with Crippen molar-refractivity contribution >= 4 is 17.3 Å². The van der Waals surface area contributed by atoms with Crippen molar-refractivity contribution in [3.8, 4) is 0 Å². The van der Waals surface area contributed by atoms with E-state index in [1.54, 1.807) is 0 Å². The van der Waals surface area contributed by atoms with E-state index in [4.69, 9.17) is 11.6 Å². The van der Waals surface area contributed by atoms with Crippen LogP contribution in [0.2, 0.25) is 5.02 Å². The van der Waals surface area contributed by atoms with Gasteiger partial charge in [-0.1, -0.05) is 23.7 Å². The van der Waals surface area contributed by atoms with Gasteiger partial charge in [-0.15, -0.1) is 0 Å². The maximum absolute atomic E-state index is 9.72. The average Bonchev–Trinajstić information content (AvgIpc) is 2.54. The number of benzene rings is 1. The summed E-state index contributed by atoms with van der Waals surface area (Å²) in [6, 6.07) is 12.1. The van der Waals surface area contributed by atoms with E-state index in [9.17, 15) is 5.11 Å². The maximum Gasteiger partial charge on any atom is 0.0776 e. The Balaban J connectivity index is 1.85. The van der Waals surface area contributed by atoms with Crippen LogP contribution in [0.5, 0.6) is 0 Å². The Morgan fingerprint density at radius 1 is 1.30 bits per heavy atom. The Bertz CT molecular complexity index is 664. The van der Waals surface area contributed by atoms with Crippen molar-refractivity contribution in [3.63, 3.8) is 0 Å². The number of likely N-dealkylation sites (N-methyl/N-ethyl adjacent to an activating group) is 1. The maximum atomic E-state index is 9.72. The molecule has 2 heterocycles. The number of rotatable bonds is 3. The lowest BCUT2D eigenvalue weighted by atomic mass is 10.1. The number of hydrogen-bond donors (Lipinski definition) is 1. The number of aromatic nitrogens is 1. The molecular formula is C18H22ClN3O. The molecule has 1 aliphatic heterocycles. The van der Waals surface area contributed by atoms with Crippen LogP contribution in [0.4, 0.5) is 5.69 Å². The smallest absolute Gasteiger partial charge is 0.0776 e. The van der Waals surface area contributed by atoms with E-state index in [0.717, 1.165) is 42.5 Å². The van der Waals surface area contributed by atoms with Gasteiger partial charge in [-0.25, -0.2) is 0 Å². The summed E-state index contributed by atoms with van der Waals surface area (Å²) in [5.41, 5.74) is 3.35. The third kappa shape index (κ3) is 3.83. The van der Waals surface area contributed by atoms with Gasteiger partial charge < -0.3 is 10.0 Å². The molecule has 0 fully saturated rings. The summed E-state index contributed by atoms with van der Waals surface area (Å²) in [6.45, 7) is 2.69. The molecule has 0 saturated carbocycles. The lowest BCUT2D eigenvalue weighted by molar-refractivity contribution is 0.204. The molecule has 0 amide bonds. The number of pyridine rings is 1. The summed E-state index contributed by atoms with van der Waals surface area (Å²) in [5, 5.41) is 10.5. The molecule has 23 heavy (non-hydrogen) atoms. The highest BCUT2D eigenvalue weighted by atomic mass is 35.5. The number of aliphatic hydroxyl groups excluding tert-OH is 1. The van der Waals surface area contributed by atoms with Gasteiger partial charge >= 0.3 is 0 Å². The Hall–Kier alpha value is -1.62. The van der Waals surface area contributed by atoms with Gasteiger partial charge in [0, 0.05) is 37.9 Å². The summed E-state index contributed by atoms with van der Waals surface area (Å²) < 4.78 is 0. The van der Waals surface area contributed by atoms with Crippen LogP contribution in [0, 0.1) is 0 Å². The SMILES string of the molecule is CN1c2cccnc2CN(Cc2cccc(Cl)c2)CCC1CO. The third-order valence-electron chi connectivity index (χ3n) is 4.45. The number of fused-ring (bicyclic) bond motifs is 1. The largest absolute Gasteiger partial charge is 0.394 e. The molecule has 0 saturated heterocycles. The number of nitrogens with zero attached hydrogens (tertiary/aromatic N) is 3. The zero-order valence-corrected chi connectivity index (χ0v) is 14.1. The Morgan fingerprint density at radius 3 is 2.96 bits per heavy atom. The molecule has 1 aromatic heterocycles. The summed E-state index contributed by atoms with van der Waals surface area (Å²) in [4.78, 5) is 9.08. The summed E-state index contributed by atoms with van der Waals surface area (Å²) in [6.07, 6.45) is 2.75. The molecule has 0 radical (unpaired) electrons. The van der Waals surface area contributed by atoms with Gasteiger partial charge in [-0.3, -0.25) is 9.88 Å². The Labute approximate surface area is 142 Å². The first-order chi connectivity index (χ1) is 11.2. The van der Waals surface area contributed by atoms with Crippen molar-refractivity contribution in [3.05, 3.63) is 58.9 Å². The highest BCUT2D eigenvalue weighted by molar-refractivity contribution is 6.30. The van der Waals surface area contributed by atoms with Gasteiger partial charge in [0.2, 0.25) is 0 Å². The van der Waals surface area contributed by atoms with Crippen LogP contribution in [0.15, 0.2) is 42.6 Å². The minimum Gasteiger partial charge on any atom is -0.394 e. The summed E-state index contributed by atoms with van der Waals surface area (Å²) in [7, 11) is 2.04. The van der Waals surface area contributed by atoms with Crippen molar-refractivity contribution < 1.29 is 5.11 Å². The van der Waals surface area contributed by atoms with Crippen molar-refractivity contribution in [2.45, 2.75) is 25.6 Å². The lowest BCUT2D eigenvalue weighted by Crippen LogP contribution is -2.41. The molecule has 3 rings (SSSR count). The molecule has 1 unspecified atom stereocenters. The quantitative estimate of drug-likeness (QED) is 0.938. The molecule has 1 atom stereocenters. The van der Waals surface area contributed by atoms with E-state index in [1.165, 1.54) is 5.56 Å². The topological polar surface area (TPSA) is 39.6 Å². The van der Waals surface area contributed by atoms with E-state index in [-0.39, 0.29) is 12.6 Å². The minimum atomic E-state index is 0.111. The van der Waals surface area contributed by atoms with E-state index in [2.05, 4.69) is 26.9 Å². The van der Waals surface area contributed by atoms with Gasteiger partial charge in [0.15, 0.2) is 0 Å². The first-order valence-corrected chi connectivity index (χ1v) is 8.29. The molecule has 1 aromatic carbocycles. The number of anilines is 1. The standard InChI is InChI=1S/C18H22ClN3O/c1-21-16(13-23)7-9-22(11-14-4-2-5-15(19)10-14)12-17-18(21)6-3-8-20-17/h2-6,8,10,16,23H,7,9,11-13H2,1H3. The minimum absolute atomic E-state index is 0.111. The molecule has 1 N–H and O–H groups in total. The van der Waals surface area contributed by atoms with Crippen molar-refractivity contribution in [2.24, 2.45) is 0 Å². The molecular weight excluding hydrogens is 310 g/mol.